The van der Waals surface area contributed by atoms with Gasteiger partial charge in [0, 0.05) is 30.3 Å². The van der Waals surface area contributed by atoms with Crippen LogP contribution in [-0.4, -0.2) is 38.3 Å². The van der Waals surface area contributed by atoms with Crippen LogP contribution >= 0.6 is 12.6 Å². The number of hydrogen-bond acceptors (Lipinski definition) is 4. The van der Waals surface area contributed by atoms with Crippen molar-refractivity contribution in [3.05, 3.63) is 124 Å². The van der Waals surface area contributed by atoms with Gasteiger partial charge in [0.15, 0.2) is 0 Å². The number of hydrogen-bond donors (Lipinski definition) is 3. The van der Waals surface area contributed by atoms with E-state index in [2.05, 4.69) is 29.4 Å². The maximum Gasteiger partial charge on any atom is 0.336 e. The molecule has 2 N–H and O–H groups in total. The van der Waals surface area contributed by atoms with Gasteiger partial charge in [0.05, 0.1) is 16.6 Å². The first-order valence-corrected chi connectivity index (χ1v) is 15.0. The van der Waals surface area contributed by atoms with E-state index in [9.17, 15) is 19.1 Å². The summed E-state index contributed by atoms with van der Waals surface area (Å²) in [5.41, 5.74) is 6.94. The van der Waals surface area contributed by atoms with Gasteiger partial charge in [0.1, 0.15) is 11.6 Å². The first-order chi connectivity index (χ1) is 20.8. The number of carboxylic acid groups (broad SMARTS) is 1. The fraction of sp³-hybridized carbons (Fsp3) is 0.229. The number of carbonyl (C=O) groups excluding carboxylic acids is 1. The molecule has 0 aliphatic carbocycles. The van der Waals surface area contributed by atoms with Gasteiger partial charge in [-0.15, -0.1) is 0 Å². The van der Waals surface area contributed by atoms with Crippen molar-refractivity contribution in [2.45, 2.75) is 45.7 Å². The lowest BCUT2D eigenvalue weighted by Gasteiger charge is -2.17. The Morgan fingerprint density at radius 1 is 1.00 bits per heavy atom. The zero-order chi connectivity index (χ0) is 30.5. The Bertz CT molecular complexity index is 1760. The minimum Gasteiger partial charge on any atom is -0.478 e. The van der Waals surface area contributed by atoms with Gasteiger partial charge in [0.2, 0.25) is 0 Å². The van der Waals surface area contributed by atoms with Gasteiger partial charge >= 0.3 is 5.97 Å². The van der Waals surface area contributed by atoms with Crippen LogP contribution in [-0.2, 0) is 19.4 Å². The van der Waals surface area contributed by atoms with E-state index in [0.29, 0.717) is 29.8 Å². The second kappa shape index (κ2) is 13.3. The molecule has 0 bridgehead atoms. The maximum atomic E-state index is 13.4. The molecular weight excluding hydrogens is 561 g/mol. The smallest absolute Gasteiger partial charge is 0.336 e. The zero-order valence-electron chi connectivity index (χ0n) is 24.2. The molecule has 0 aliphatic rings. The predicted molar refractivity (Wildman–Crippen MR) is 172 cm³/mol. The van der Waals surface area contributed by atoms with Crippen LogP contribution < -0.4 is 5.32 Å². The normalized spacial score (nSPS) is 11.9. The van der Waals surface area contributed by atoms with E-state index >= 15 is 0 Å². The molecule has 4 aromatic carbocycles. The van der Waals surface area contributed by atoms with Crippen molar-refractivity contribution in [2.75, 3.05) is 5.75 Å². The van der Waals surface area contributed by atoms with Crippen LogP contribution in [0.1, 0.15) is 56.6 Å². The van der Waals surface area contributed by atoms with Crippen molar-refractivity contribution in [3.63, 3.8) is 0 Å². The van der Waals surface area contributed by atoms with Crippen LogP contribution in [0.25, 0.3) is 22.2 Å². The van der Waals surface area contributed by atoms with E-state index in [4.69, 9.17) is 4.98 Å². The van der Waals surface area contributed by atoms with E-state index in [1.165, 1.54) is 12.1 Å². The average Bonchev–Trinajstić information content (AvgIpc) is 3.35. The number of carboxylic acids is 1. The molecule has 0 fully saturated rings. The summed E-state index contributed by atoms with van der Waals surface area (Å²) in [6.07, 6.45) is 2.26. The Morgan fingerprint density at radius 3 is 2.37 bits per heavy atom. The number of imidazole rings is 1. The first kappa shape index (κ1) is 30.0. The maximum absolute atomic E-state index is 13.4. The monoisotopic (exact) mass is 595 g/mol. The number of thiol groups is 1. The largest absolute Gasteiger partial charge is 0.478 e. The fourth-order valence-corrected chi connectivity index (χ4v) is 5.61. The number of halogens is 1. The van der Waals surface area contributed by atoms with Crippen molar-refractivity contribution in [1.29, 1.82) is 0 Å². The number of aromatic carboxylic acids is 1. The SMILES string of the molecule is CCCc1nc2c(C)cc(C(=O)N[C@@H](CS)Cc3ccc(F)cc3)cc2n1Cc1ccc(-c2ccccc2C(=O)O)cc1. The summed E-state index contributed by atoms with van der Waals surface area (Å²) in [4.78, 5) is 30.1. The third-order valence-electron chi connectivity index (χ3n) is 7.57. The summed E-state index contributed by atoms with van der Waals surface area (Å²) >= 11 is 4.44. The summed E-state index contributed by atoms with van der Waals surface area (Å²) < 4.78 is 15.5. The van der Waals surface area contributed by atoms with Crippen LogP contribution in [0.5, 0.6) is 0 Å². The molecule has 1 amide bonds. The van der Waals surface area contributed by atoms with Crippen molar-refractivity contribution >= 4 is 35.5 Å². The minimum atomic E-state index is -0.958. The van der Waals surface area contributed by atoms with Gasteiger partial charge in [-0.25, -0.2) is 14.2 Å². The molecule has 8 heteroatoms. The first-order valence-electron chi connectivity index (χ1n) is 14.3. The number of aryl methyl sites for hydroxylation is 2. The van der Waals surface area contributed by atoms with Gasteiger partial charge in [-0.2, -0.15) is 12.6 Å². The second-order valence-electron chi connectivity index (χ2n) is 10.8. The molecule has 1 heterocycles. The Kier molecular flexibility index (Phi) is 9.26. The van der Waals surface area contributed by atoms with E-state index in [1.54, 1.807) is 24.3 Å². The number of nitrogens with zero attached hydrogens (tertiary/aromatic N) is 2. The highest BCUT2D eigenvalue weighted by molar-refractivity contribution is 7.80. The van der Waals surface area contributed by atoms with Crippen LogP contribution in [0.3, 0.4) is 0 Å². The molecule has 5 aromatic rings. The standard InChI is InChI=1S/C35H34FN3O3S/c1-3-6-32-38-33-22(2)17-26(34(40)37-28(21-43)18-23-11-15-27(36)16-12-23)19-31(33)39(32)20-24-9-13-25(14-10-24)29-7-4-5-8-30(29)35(41)42/h4-5,7-17,19,28,43H,3,6,18,20-21H2,1-2H3,(H,37,40)(H,41,42)/t28-/m1/s1. The van der Waals surface area contributed by atoms with Gasteiger partial charge in [-0.3, -0.25) is 4.79 Å². The highest BCUT2D eigenvalue weighted by Gasteiger charge is 2.19. The number of amides is 1. The molecule has 220 valence electrons. The molecule has 1 atom stereocenters. The molecule has 0 saturated heterocycles. The summed E-state index contributed by atoms with van der Waals surface area (Å²) in [6, 6.07) is 24.7. The lowest BCUT2D eigenvalue weighted by molar-refractivity contribution is 0.0697. The lowest BCUT2D eigenvalue weighted by Crippen LogP contribution is -2.37. The average molecular weight is 596 g/mol. The predicted octanol–water partition coefficient (Wildman–Crippen LogP) is 7.12. The zero-order valence-corrected chi connectivity index (χ0v) is 25.1. The molecule has 0 spiro atoms. The third-order valence-corrected chi connectivity index (χ3v) is 8.01. The molecule has 0 unspecified atom stereocenters. The molecule has 0 saturated carbocycles. The van der Waals surface area contributed by atoms with Crippen molar-refractivity contribution in [3.8, 4) is 11.1 Å². The number of rotatable bonds is 11. The summed E-state index contributed by atoms with van der Waals surface area (Å²) in [7, 11) is 0. The van der Waals surface area contributed by atoms with Crippen molar-refractivity contribution < 1.29 is 19.1 Å². The highest BCUT2D eigenvalue weighted by Crippen LogP contribution is 2.27. The Morgan fingerprint density at radius 2 is 1.70 bits per heavy atom. The van der Waals surface area contributed by atoms with E-state index in [0.717, 1.165) is 52.0 Å². The van der Waals surface area contributed by atoms with Gasteiger partial charge in [-0.1, -0.05) is 61.5 Å². The van der Waals surface area contributed by atoms with Gasteiger partial charge < -0.3 is 15.0 Å². The van der Waals surface area contributed by atoms with E-state index < -0.39 is 5.97 Å². The van der Waals surface area contributed by atoms with Crippen LogP contribution in [0, 0.1) is 12.7 Å². The van der Waals surface area contributed by atoms with Crippen LogP contribution in [0.4, 0.5) is 4.39 Å². The number of nitrogens with one attached hydrogen (secondary N) is 1. The number of aromatic nitrogens is 2. The Labute approximate surface area is 256 Å². The third kappa shape index (κ3) is 6.81. The van der Waals surface area contributed by atoms with Crippen LogP contribution in [0.2, 0.25) is 0 Å². The molecule has 0 radical (unpaired) electrons. The Hall–Kier alpha value is -4.43. The molecular formula is C35H34FN3O3S. The molecule has 6 nitrogen and oxygen atoms in total. The van der Waals surface area contributed by atoms with Gasteiger partial charge in [0.25, 0.3) is 5.91 Å². The minimum absolute atomic E-state index is 0.197. The Balaban J connectivity index is 1.43. The quantitative estimate of drug-likeness (QED) is 0.142. The molecule has 1 aromatic heterocycles. The van der Waals surface area contributed by atoms with Crippen LogP contribution in [0.15, 0.2) is 84.9 Å². The summed E-state index contributed by atoms with van der Waals surface area (Å²) in [5, 5.41) is 12.7. The summed E-state index contributed by atoms with van der Waals surface area (Å²) in [6.45, 7) is 4.64. The number of carbonyl (C=O) groups is 2. The lowest BCUT2D eigenvalue weighted by atomic mass is 9.98. The summed E-state index contributed by atoms with van der Waals surface area (Å²) in [5.74, 6) is -0.0615. The van der Waals surface area contributed by atoms with Crippen molar-refractivity contribution in [2.24, 2.45) is 0 Å². The topological polar surface area (TPSA) is 84.2 Å². The molecule has 5 rings (SSSR count). The van der Waals surface area contributed by atoms with E-state index in [-0.39, 0.29) is 23.3 Å². The molecule has 0 aliphatic heterocycles. The van der Waals surface area contributed by atoms with E-state index in [1.807, 2.05) is 55.5 Å². The fourth-order valence-electron chi connectivity index (χ4n) is 5.39. The second-order valence-corrected chi connectivity index (χ2v) is 11.1. The van der Waals surface area contributed by atoms with Crippen molar-refractivity contribution in [1.82, 2.24) is 14.9 Å². The number of fused-ring (bicyclic) bond motifs is 1. The van der Waals surface area contributed by atoms with Gasteiger partial charge in [-0.05, 0) is 77.9 Å². The molecule has 43 heavy (non-hydrogen) atoms. The number of benzene rings is 4. The highest BCUT2D eigenvalue weighted by atomic mass is 32.1.